The van der Waals surface area contributed by atoms with Crippen LogP contribution in [0.1, 0.15) is 5.56 Å². The minimum Gasteiger partial charge on any atom is -0.351 e. The zero-order valence-corrected chi connectivity index (χ0v) is 16.7. The van der Waals surface area contributed by atoms with Crippen molar-refractivity contribution in [2.24, 2.45) is 0 Å². The molecule has 4 aromatic rings. The summed E-state index contributed by atoms with van der Waals surface area (Å²) in [5, 5.41) is 12.2. The highest BCUT2D eigenvalue weighted by Crippen LogP contribution is 2.21. The Kier molecular flexibility index (Phi) is 5.62. The molecule has 0 unspecified atom stereocenters. The van der Waals surface area contributed by atoms with Crippen LogP contribution >= 0.6 is 11.8 Å². The van der Waals surface area contributed by atoms with Crippen LogP contribution in [0.15, 0.2) is 71.1 Å². The molecule has 0 bridgehead atoms. The van der Waals surface area contributed by atoms with Crippen LogP contribution in [0.25, 0.3) is 16.7 Å². The van der Waals surface area contributed by atoms with Crippen molar-refractivity contribution < 1.29 is 9.18 Å². The van der Waals surface area contributed by atoms with Crippen molar-refractivity contribution >= 4 is 34.3 Å². The molecule has 30 heavy (non-hydrogen) atoms. The molecule has 0 fully saturated rings. The molecule has 7 nitrogen and oxygen atoms in total. The van der Waals surface area contributed by atoms with Gasteiger partial charge >= 0.3 is 0 Å². The maximum Gasteiger partial charge on any atom is 0.263 e. The highest BCUT2D eigenvalue weighted by atomic mass is 32.2. The predicted molar refractivity (Wildman–Crippen MR) is 114 cm³/mol. The highest BCUT2D eigenvalue weighted by Gasteiger charge is 2.17. The zero-order chi connectivity index (χ0) is 21.1. The summed E-state index contributed by atoms with van der Waals surface area (Å²) < 4.78 is 16.2. The van der Waals surface area contributed by atoms with Gasteiger partial charge in [0.2, 0.25) is 11.7 Å². The third-order valence-corrected chi connectivity index (χ3v) is 5.45. The van der Waals surface area contributed by atoms with Gasteiger partial charge in [-0.2, -0.15) is 0 Å². The Morgan fingerprint density at radius 1 is 1.17 bits per heavy atom. The van der Waals surface area contributed by atoms with Crippen LogP contribution in [0.5, 0.6) is 0 Å². The number of nitrogens with one attached hydrogen (secondary N) is 1. The number of aromatic nitrogens is 4. The topological polar surface area (TPSA) is 81.3 Å². The van der Waals surface area contributed by atoms with E-state index in [1.807, 2.05) is 12.1 Å². The Morgan fingerprint density at radius 3 is 2.70 bits per heavy atom. The summed E-state index contributed by atoms with van der Waals surface area (Å²) in [5.41, 5.74) is 1.32. The molecule has 2 aromatic carbocycles. The number of rotatable bonds is 7. The molecule has 0 aliphatic carbocycles. The minimum atomic E-state index is -0.318. The van der Waals surface area contributed by atoms with Crippen LogP contribution in [-0.2, 0) is 17.9 Å². The van der Waals surface area contributed by atoms with E-state index < -0.39 is 0 Å². The van der Waals surface area contributed by atoms with Gasteiger partial charge in [0.1, 0.15) is 5.82 Å². The number of thioether (sulfide) groups is 1. The van der Waals surface area contributed by atoms with E-state index >= 15 is 0 Å². The number of amides is 1. The fourth-order valence-corrected chi connectivity index (χ4v) is 3.87. The Morgan fingerprint density at radius 2 is 1.93 bits per heavy atom. The largest absolute Gasteiger partial charge is 0.351 e. The van der Waals surface area contributed by atoms with Gasteiger partial charge in [0.25, 0.3) is 5.56 Å². The van der Waals surface area contributed by atoms with Crippen molar-refractivity contribution in [1.29, 1.82) is 0 Å². The fraction of sp³-hybridized carbons (Fsp3) is 0.143. The normalized spacial score (nSPS) is 11.1. The summed E-state index contributed by atoms with van der Waals surface area (Å²) in [6, 6.07) is 13.2. The van der Waals surface area contributed by atoms with Gasteiger partial charge < -0.3 is 5.32 Å². The van der Waals surface area contributed by atoms with Crippen molar-refractivity contribution in [2.75, 3.05) is 5.75 Å². The van der Waals surface area contributed by atoms with Gasteiger partial charge in [0, 0.05) is 13.1 Å². The number of carbonyl (C=O) groups is 1. The second-order valence-electron chi connectivity index (χ2n) is 6.53. The molecule has 9 heteroatoms. The highest BCUT2D eigenvalue weighted by molar-refractivity contribution is 7.99. The first-order chi connectivity index (χ1) is 14.6. The van der Waals surface area contributed by atoms with Crippen LogP contribution in [-0.4, -0.2) is 30.8 Å². The fourth-order valence-electron chi connectivity index (χ4n) is 3.10. The Balaban J connectivity index is 1.57. The van der Waals surface area contributed by atoms with Gasteiger partial charge in [0.05, 0.1) is 16.7 Å². The van der Waals surface area contributed by atoms with E-state index in [0.717, 1.165) is 5.56 Å². The van der Waals surface area contributed by atoms with Gasteiger partial charge in [-0.15, -0.1) is 16.8 Å². The molecule has 152 valence electrons. The summed E-state index contributed by atoms with van der Waals surface area (Å²) in [7, 11) is 0. The zero-order valence-electron chi connectivity index (χ0n) is 15.9. The molecule has 2 heterocycles. The second-order valence-corrected chi connectivity index (χ2v) is 7.47. The number of nitrogens with zero attached hydrogens (tertiary/aromatic N) is 4. The number of carbonyl (C=O) groups excluding carboxylic acids is 1. The summed E-state index contributed by atoms with van der Waals surface area (Å²) in [6.07, 6.45) is 1.63. The number of hydrogen-bond acceptors (Lipinski definition) is 5. The molecule has 0 atom stereocenters. The third kappa shape index (κ3) is 3.84. The van der Waals surface area contributed by atoms with Crippen molar-refractivity contribution in [3.63, 3.8) is 0 Å². The minimum absolute atomic E-state index is 0.122. The lowest BCUT2D eigenvalue weighted by atomic mass is 10.2. The summed E-state index contributed by atoms with van der Waals surface area (Å²) in [4.78, 5) is 25.1. The first-order valence-corrected chi connectivity index (χ1v) is 10.2. The number of hydrogen-bond donors (Lipinski definition) is 1. The number of para-hydroxylation sites is 1. The van der Waals surface area contributed by atoms with Crippen molar-refractivity contribution in [3.05, 3.63) is 82.9 Å². The first kappa shape index (κ1) is 19.8. The molecule has 0 aliphatic rings. The van der Waals surface area contributed by atoms with Crippen molar-refractivity contribution in [2.45, 2.75) is 18.2 Å². The second kappa shape index (κ2) is 8.50. The lowest BCUT2D eigenvalue weighted by Crippen LogP contribution is -2.25. The first-order valence-electron chi connectivity index (χ1n) is 9.20. The molecule has 1 amide bonds. The van der Waals surface area contributed by atoms with Crippen LogP contribution in [0.4, 0.5) is 4.39 Å². The average molecular weight is 423 g/mol. The van der Waals surface area contributed by atoms with Crippen molar-refractivity contribution in [3.8, 4) is 0 Å². The van der Waals surface area contributed by atoms with E-state index in [1.54, 1.807) is 34.7 Å². The summed E-state index contributed by atoms with van der Waals surface area (Å²) in [5.74, 6) is 0.00997. The maximum atomic E-state index is 13.0. The molecule has 2 aromatic heterocycles. The molecule has 1 N–H and O–H groups in total. The van der Waals surface area contributed by atoms with E-state index in [2.05, 4.69) is 22.1 Å². The maximum absolute atomic E-state index is 13.0. The van der Waals surface area contributed by atoms with E-state index in [-0.39, 0.29) is 23.0 Å². The van der Waals surface area contributed by atoms with Gasteiger partial charge in [-0.3, -0.25) is 18.6 Å². The lowest BCUT2D eigenvalue weighted by molar-refractivity contribution is -0.118. The van der Waals surface area contributed by atoms with Crippen LogP contribution in [0.2, 0.25) is 0 Å². The monoisotopic (exact) mass is 423 g/mol. The van der Waals surface area contributed by atoms with E-state index in [4.69, 9.17) is 0 Å². The molecule has 0 radical (unpaired) electrons. The molecule has 4 rings (SSSR count). The number of allylic oxidation sites excluding steroid dienone is 1. The lowest BCUT2D eigenvalue weighted by Gasteiger charge is -2.09. The smallest absolute Gasteiger partial charge is 0.263 e. The van der Waals surface area contributed by atoms with Gasteiger partial charge in [-0.1, -0.05) is 42.1 Å². The average Bonchev–Trinajstić information content (AvgIpc) is 3.19. The summed E-state index contributed by atoms with van der Waals surface area (Å²) >= 11 is 1.23. The molecular formula is C21H18FN5O2S. The third-order valence-electron chi connectivity index (χ3n) is 4.53. The molecular weight excluding hydrogens is 405 g/mol. The molecule has 0 spiro atoms. The van der Waals surface area contributed by atoms with Gasteiger partial charge in [-0.05, 0) is 29.8 Å². The quantitative estimate of drug-likeness (QED) is 0.365. The van der Waals surface area contributed by atoms with E-state index in [1.165, 1.54) is 28.5 Å². The number of benzene rings is 2. The Labute approximate surface area is 175 Å². The molecule has 0 saturated heterocycles. The van der Waals surface area contributed by atoms with E-state index in [9.17, 15) is 14.0 Å². The van der Waals surface area contributed by atoms with Crippen LogP contribution < -0.4 is 10.9 Å². The number of fused-ring (bicyclic) bond motifs is 3. The summed E-state index contributed by atoms with van der Waals surface area (Å²) in [6.45, 7) is 4.31. The van der Waals surface area contributed by atoms with Crippen molar-refractivity contribution in [1.82, 2.24) is 24.5 Å². The van der Waals surface area contributed by atoms with Crippen LogP contribution in [0, 0.1) is 5.82 Å². The van der Waals surface area contributed by atoms with Crippen LogP contribution in [0.3, 0.4) is 0 Å². The van der Waals surface area contributed by atoms with Gasteiger partial charge in [0.15, 0.2) is 5.16 Å². The standard InChI is InChI=1S/C21H18FN5O2S/c1-2-11-26-19(29)16-5-3-4-6-17(16)27-20(26)24-25-21(27)30-13-18(28)23-12-14-7-9-15(22)10-8-14/h2-10H,1,11-13H2,(H,23,28). The molecule has 0 saturated carbocycles. The SMILES string of the molecule is C=CCn1c(=O)c2ccccc2n2c(SCC(=O)NCc3ccc(F)cc3)nnc12. The Bertz CT molecular complexity index is 1300. The number of halogens is 1. The predicted octanol–water partition coefficient (Wildman–Crippen LogP) is 2.78. The Hall–Kier alpha value is -3.46. The van der Waals surface area contributed by atoms with Gasteiger partial charge in [-0.25, -0.2) is 4.39 Å². The van der Waals surface area contributed by atoms with E-state index in [0.29, 0.717) is 34.9 Å². The molecule has 0 aliphatic heterocycles.